The summed E-state index contributed by atoms with van der Waals surface area (Å²) in [4.78, 5) is 13.4. The largest absolute Gasteiger partial charge is 0.377 e. The zero-order valence-electron chi connectivity index (χ0n) is 11.1. The van der Waals surface area contributed by atoms with Crippen molar-refractivity contribution in [3.63, 3.8) is 0 Å². The predicted octanol–water partition coefficient (Wildman–Crippen LogP) is 1.49. The van der Waals surface area contributed by atoms with Gasteiger partial charge in [-0.25, -0.2) is 4.79 Å². The summed E-state index contributed by atoms with van der Waals surface area (Å²) in [6.07, 6.45) is 5.07. The average molecular weight is 245 g/mol. The Kier molecular flexibility index (Phi) is 5.06. The third-order valence-corrected chi connectivity index (χ3v) is 2.51. The molecule has 0 aliphatic rings. The molecule has 0 aromatic heterocycles. The van der Waals surface area contributed by atoms with Crippen molar-refractivity contribution in [2.45, 2.75) is 13.5 Å². The van der Waals surface area contributed by atoms with Gasteiger partial charge < -0.3 is 15.5 Å². The number of terminal acetylenes is 1. The molecule has 0 bridgehead atoms. The highest BCUT2D eigenvalue weighted by Gasteiger charge is 2.06. The first kappa shape index (κ1) is 13.9. The van der Waals surface area contributed by atoms with E-state index in [2.05, 4.69) is 22.6 Å². The molecule has 2 N–H and O–H groups in total. The molecule has 1 aromatic carbocycles. The first-order valence-corrected chi connectivity index (χ1v) is 5.76. The van der Waals surface area contributed by atoms with Crippen molar-refractivity contribution < 1.29 is 4.79 Å². The number of benzene rings is 1. The minimum absolute atomic E-state index is 0.236. The highest BCUT2D eigenvalue weighted by molar-refractivity contribution is 5.74. The van der Waals surface area contributed by atoms with Gasteiger partial charge in [-0.15, -0.1) is 6.42 Å². The summed E-state index contributed by atoms with van der Waals surface area (Å²) < 4.78 is 0. The van der Waals surface area contributed by atoms with Crippen LogP contribution in [0.5, 0.6) is 0 Å². The van der Waals surface area contributed by atoms with E-state index in [4.69, 9.17) is 6.42 Å². The van der Waals surface area contributed by atoms with Gasteiger partial charge in [0.15, 0.2) is 0 Å². The molecule has 1 rings (SSSR count). The zero-order valence-corrected chi connectivity index (χ0v) is 11.1. The van der Waals surface area contributed by atoms with Gasteiger partial charge >= 0.3 is 6.03 Å². The topological polar surface area (TPSA) is 44.4 Å². The second-order valence-electron chi connectivity index (χ2n) is 4.27. The van der Waals surface area contributed by atoms with Crippen molar-refractivity contribution in [1.82, 2.24) is 10.6 Å². The van der Waals surface area contributed by atoms with Crippen LogP contribution in [0.4, 0.5) is 10.5 Å². The van der Waals surface area contributed by atoms with E-state index < -0.39 is 0 Å². The zero-order chi connectivity index (χ0) is 13.5. The second kappa shape index (κ2) is 6.55. The van der Waals surface area contributed by atoms with Gasteiger partial charge in [-0.1, -0.05) is 18.1 Å². The van der Waals surface area contributed by atoms with E-state index in [-0.39, 0.29) is 12.6 Å². The Morgan fingerprint density at radius 2 is 2.11 bits per heavy atom. The molecule has 0 atom stereocenters. The van der Waals surface area contributed by atoms with E-state index in [1.54, 1.807) is 0 Å². The van der Waals surface area contributed by atoms with E-state index in [0.29, 0.717) is 6.54 Å². The van der Waals surface area contributed by atoms with E-state index in [0.717, 1.165) is 11.3 Å². The van der Waals surface area contributed by atoms with E-state index in [9.17, 15) is 4.79 Å². The maximum atomic E-state index is 11.4. The molecule has 96 valence electrons. The Labute approximate surface area is 108 Å². The number of urea groups is 1. The number of amides is 2. The molecular formula is C14H19N3O. The molecule has 0 heterocycles. The fourth-order valence-corrected chi connectivity index (χ4v) is 1.61. The van der Waals surface area contributed by atoms with Gasteiger partial charge in [0.05, 0.1) is 6.54 Å². The molecule has 0 spiro atoms. The van der Waals surface area contributed by atoms with Crippen LogP contribution in [-0.2, 0) is 6.54 Å². The van der Waals surface area contributed by atoms with Crippen molar-refractivity contribution in [3.8, 4) is 12.3 Å². The summed E-state index contributed by atoms with van der Waals surface area (Å²) in [6, 6.07) is 5.89. The standard InChI is InChI=1S/C14H19N3O/c1-5-8-15-14(18)16-10-12-7-6-11(2)9-13(12)17(3)4/h1,6-7,9H,8,10H2,2-4H3,(H2,15,16,18). The Bertz CT molecular complexity index is 461. The molecule has 0 saturated heterocycles. The lowest BCUT2D eigenvalue weighted by Gasteiger charge is -2.18. The van der Waals surface area contributed by atoms with Crippen molar-refractivity contribution >= 4 is 11.7 Å². The lowest BCUT2D eigenvalue weighted by molar-refractivity contribution is 0.241. The lowest BCUT2D eigenvalue weighted by Crippen LogP contribution is -2.35. The van der Waals surface area contributed by atoms with Crippen LogP contribution in [-0.4, -0.2) is 26.7 Å². The van der Waals surface area contributed by atoms with Crippen LogP contribution >= 0.6 is 0 Å². The van der Waals surface area contributed by atoms with Crippen molar-refractivity contribution in [2.24, 2.45) is 0 Å². The van der Waals surface area contributed by atoms with E-state index in [1.165, 1.54) is 5.56 Å². The minimum atomic E-state index is -0.252. The van der Waals surface area contributed by atoms with Gasteiger partial charge in [-0.05, 0) is 24.1 Å². The monoisotopic (exact) mass is 245 g/mol. The van der Waals surface area contributed by atoms with Crippen LogP contribution in [0.25, 0.3) is 0 Å². The van der Waals surface area contributed by atoms with Gasteiger partial charge in [0.1, 0.15) is 0 Å². The summed E-state index contributed by atoms with van der Waals surface area (Å²) in [5.74, 6) is 2.35. The van der Waals surface area contributed by atoms with Gasteiger partial charge in [0, 0.05) is 26.3 Å². The fraction of sp³-hybridized carbons (Fsp3) is 0.357. The number of carbonyl (C=O) groups is 1. The molecule has 18 heavy (non-hydrogen) atoms. The van der Waals surface area contributed by atoms with Crippen molar-refractivity contribution in [2.75, 3.05) is 25.5 Å². The number of carbonyl (C=O) groups excluding carboxylic acids is 1. The molecule has 4 heteroatoms. The number of hydrogen-bond acceptors (Lipinski definition) is 2. The average Bonchev–Trinajstić information content (AvgIpc) is 2.34. The molecule has 0 radical (unpaired) electrons. The van der Waals surface area contributed by atoms with Crippen LogP contribution in [0, 0.1) is 19.3 Å². The van der Waals surface area contributed by atoms with Gasteiger partial charge in [-0.3, -0.25) is 0 Å². The molecule has 0 aliphatic carbocycles. The molecule has 0 fully saturated rings. The van der Waals surface area contributed by atoms with E-state index in [1.807, 2.05) is 38.1 Å². The van der Waals surface area contributed by atoms with Gasteiger partial charge in [0.25, 0.3) is 0 Å². The molecule has 0 aliphatic heterocycles. The lowest BCUT2D eigenvalue weighted by atomic mass is 10.1. The molecule has 0 saturated carbocycles. The first-order chi connectivity index (χ1) is 8.54. The quantitative estimate of drug-likeness (QED) is 0.789. The van der Waals surface area contributed by atoms with Crippen LogP contribution in [0.15, 0.2) is 18.2 Å². The molecule has 4 nitrogen and oxygen atoms in total. The maximum Gasteiger partial charge on any atom is 0.315 e. The predicted molar refractivity (Wildman–Crippen MR) is 74.6 cm³/mol. The maximum absolute atomic E-state index is 11.4. The Balaban J connectivity index is 2.67. The van der Waals surface area contributed by atoms with Crippen molar-refractivity contribution in [1.29, 1.82) is 0 Å². The third-order valence-electron chi connectivity index (χ3n) is 2.51. The summed E-state index contributed by atoms with van der Waals surface area (Å²) in [6.45, 7) is 2.76. The third kappa shape index (κ3) is 4.02. The van der Waals surface area contributed by atoms with E-state index >= 15 is 0 Å². The fourth-order valence-electron chi connectivity index (χ4n) is 1.61. The number of anilines is 1. The van der Waals surface area contributed by atoms with Crippen LogP contribution in [0.2, 0.25) is 0 Å². The van der Waals surface area contributed by atoms with Gasteiger partial charge in [0.2, 0.25) is 0 Å². The van der Waals surface area contributed by atoms with Crippen LogP contribution < -0.4 is 15.5 Å². The molecule has 0 unspecified atom stereocenters. The Hall–Kier alpha value is -2.15. The summed E-state index contributed by atoms with van der Waals surface area (Å²) >= 11 is 0. The number of nitrogens with zero attached hydrogens (tertiary/aromatic N) is 1. The molecular weight excluding hydrogens is 226 g/mol. The highest BCUT2D eigenvalue weighted by Crippen LogP contribution is 2.19. The first-order valence-electron chi connectivity index (χ1n) is 5.76. The second-order valence-corrected chi connectivity index (χ2v) is 4.27. The summed E-state index contributed by atoms with van der Waals surface area (Å²) in [5.41, 5.74) is 3.37. The number of nitrogens with one attached hydrogen (secondary N) is 2. The minimum Gasteiger partial charge on any atom is -0.377 e. The van der Waals surface area contributed by atoms with Crippen molar-refractivity contribution in [3.05, 3.63) is 29.3 Å². The molecule has 1 aromatic rings. The number of rotatable bonds is 4. The molecule has 2 amide bonds. The number of aryl methyl sites for hydroxylation is 1. The summed E-state index contributed by atoms with van der Waals surface area (Å²) in [7, 11) is 3.97. The Morgan fingerprint density at radius 1 is 1.39 bits per heavy atom. The Morgan fingerprint density at radius 3 is 2.72 bits per heavy atom. The van der Waals surface area contributed by atoms with Gasteiger partial charge in [-0.2, -0.15) is 0 Å². The SMILES string of the molecule is C#CCNC(=O)NCc1ccc(C)cc1N(C)C. The number of hydrogen-bond donors (Lipinski definition) is 2. The summed E-state index contributed by atoms with van der Waals surface area (Å²) in [5, 5.41) is 5.34. The van der Waals surface area contributed by atoms with Crippen LogP contribution in [0.3, 0.4) is 0 Å². The normalized spacial score (nSPS) is 9.44. The van der Waals surface area contributed by atoms with Crippen LogP contribution in [0.1, 0.15) is 11.1 Å². The highest BCUT2D eigenvalue weighted by atomic mass is 16.2. The smallest absolute Gasteiger partial charge is 0.315 e.